The first kappa shape index (κ1) is 9.91. The second-order valence-corrected chi connectivity index (χ2v) is 3.92. The number of amides is 1. The molecule has 1 amide bonds. The number of hydrogen-bond acceptors (Lipinski definition) is 3. The molecule has 0 aromatic heterocycles. The number of benzene rings is 1. The summed E-state index contributed by atoms with van der Waals surface area (Å²) in [6.45, 7) is 2.34. The van der Waals surface area contributed by atoms with Gasteiger partial charge in [-0.2, -0.15) is 0 Å². The van der Waals surface area contributed by atoms with E-state index in [1.54, 1.807) is 6.92 Å². The van der Waals surface area contributed by atoms with Gasteiger partial charge in [-0.15, -0.1) is 5.92 Å². The van der Waals surface area contributed by atoms with Crippen molar-refractivity contribution >= 4 is 17.6 Å². The van der Waals surface area contributed by atoms with Gasteiger partial charge in [0.2, 0.25) is 5.96 Å². The molecule has 1 unspecified atom stereocenters. The average Bonchev–Trinajstić information content (AvgIpc) is 2.67. The zero-order valence-corrected chi connectivity index (χ0v) is 9.40. The number of nitrogens with one attached hydrogen (secondary N) is 1. The number of guanidine groups is 1. The molecule has 3 rings (SSSR count). The Morgan fingerprint density at radius 3 is 3.12 bits per heavy atom. The van der Waals surface area contributed by atoms with Crippen LogP contribution in [0.5, 0.6) is 0 Å². The number of aliphatic imine (C=N–C) groups is 1. The molecule has 1 N–H and O–H groups in total. The lowest BCUT2D eigenvalue weighted by atomic mass is 10.1. The number of rotatable bonds is 0. The summed E-state index contributed by atoms with van der Waals surface area (Å²) < 4.78 is 0. The molecule has 1 aromatic rings. The number of hydrogen-bond donors (Lipinski definition) is 1. The number of fused-ring (bicyclic) bond motifs is 3. The molecular formula is C13H11N3O. The monoisotopic (exact) mass is 225 g/mol. The maximum atomic E-state index is 11.8. The van der Waals surface area contributed by atoms with Crippen molar-refractivity contribution in [2.75, 3.05) is 4.90 Å². The fourth-order valence-corrected chi connectivity index (χ4v) is 2.15. The van der Waals surface area contributed by atoms with Crippen LogP contribution in [-0.2, 0) is 11.3 Å². The number of anilines is 1. The molecule has 84 valence electrons. The van der Waals surface area contributed by atoms with Crippen molar-refractivity contribution in [3.8, 4) is 11.8 Å². The Morgan fingerprint density at radius 1 is 1.47 bits per heavy atom. The molecule has 0 bridgehead atoms. The normalized spacial score (nSPS) is 20.8. The second kappa shape index (κ2) is 3.63. The van der Waals surface area contributed by atoms with Crippen molar-refractivity contribution in [3.05, 3.63) is 29.8 Å². The standard InChI is InChI=1S/C13H11N3O/c1-2-5-11-12(17)15-13-14-8-9-6-3-4-7-10(9)16(11)13/h3-4,6-7,11H,8H2,1H3,(H,14,15,17). The van der Waals surface area contributed by atoms with Gasteiger partial charge in [0.15, 0.2) is 6.04 Å². The van der Waals surface area contributed by atoms with Crippen molar-refractivity contribution in [2.24, 2.45) is 4.99 Å². The number of carbonyl (C=O) groups is 1. The molecule has 1 fully saturated rings. The van der Waals surface area contributed by atoms with E-state index in [4.69, 9.17) is 0 Å². The maximum Gasteiger partial charge on any atom is 0.262 e. The quantitative estimate of drug-likeness (QED) is 0.666. The fraction of sp³-hybridized carbons (Fsp3) is 0.231. The van der Waals surface area contributed by atoms with Crippen LogP contribution in [0, 0.1) is 11.8 Å². The van der Waals surface area contributed by atoms with E-state index in [2.05, 4.69) is 22.2 Å². The highest BCUT2D eigenvalue weighted by molar-refractivity contribution is 6.18. The Balaban J connectivity index is 2.13. The Morgan fingerprint density at radius 2 is 2.29 bits per heavy atom. The Labute approximate surface area is 99.3 Å². The molecule has 0 saturated carbocycles. The van der Waals surface area contributed by atoms with Crippen LogP contribution in [0.4, 0.5) is 5.69 Å². The molecule has 2 aliphatic heterocycles. The van der Waals surface area contributed by atoms with E-state index in [0.717, 1.165) is 11.3 Å². The highest BCUT2D eigenvalue weighted by Crippen LogP contribution is 2.29. The van der Waals surface area contributed by atoms with Crippen molar-refractivity contribution < 1.29 is 4.79 Å². The van der Waals surface area contributed by atoms with Gasteiger partial charge < -0.3 is 0 Å². The SMILES string of the molecule is CC#CC1C(=O)NC2=NCc3ccccc3N21. The summed E-state index contributed by atoms with van der Waals surface area (Å²) >= 11 is 0. The van der Waals surface area contributed by atoms with Crippen LogP contribution < -0.4 is 10.2 Å². The van der Waals surface area contributed by atoms with Crippen LogP contribution >= 0.6 is 0 Å². The van der Waals surface area contributed by atoms with Gasteiger partial charge >= 0.3 is 0 Å². The predicted octanol–water partition coefficient (Wildman–Crippen LogP) is 0.884. The lowest BCUT2D eigenvalue weighted by molar-refractivity contribution is -0.118. The molecule has 4 nitrogen and oxygen atoms in total. The first-order valence-electron chi connectivity index (χ1n) is 5.46. The zero-order chi connectivity index (χ0) is 11.8. The molecule has 1 atom stereocenters. The van der Waals surface area contributed by atoms with E-state index in [1.807, 2.05) is 29.2 Å². The van der Waals surface area contributed by atoms with Gasteiger partial charge in [-0.25, -0.2) is 4.99 Å². The lowest BCUT2D eigenvalue weighted by Gasteiger charge is -2.26. The topological polar surface area (TPSA) is 44.7 Å². The van der Waals surface area contributed by atoms with Gasteiger partial charge in [-0.3, -0.25) is 15.0 Å². The van der Waals surface area contributed by atoms with Gasteiger partial charge in [0.1, 0.15) is 0 Å². The molecule has 4 heteroatoms. The molecule has 0 radical (unpaired) electrons. The first-order valence-corrected chi connectivity index (χ1v) is 5.46. The fourth-order valence-electron chi connectivity index (χ4n) is 2.15. The minimum absolute atomic E-state index is 0.102. The van der Waals surface area contributed by atoms with Gasteiger partial charge in [0.25, 0.3) is 5.91 Å². The van der Waals surface area contributed by atoms with Crippen molar-refractivity contribution in [1.82, 2.24) is 5.32 Å². The van der Waals surface area contributed by atoms with Crippen LogP contribution in [-0.4, -0.2) is 17.9 Å². The summed E-state index contributed by atoms with van der Waals surface area (Å²) in [5, 5.41) is 2.77. The Kier molecular flexibility index (Phi) is 2.12. The summed E-state index contributed by atoms with van der Waals surface area (Å²) in [6, 6.07) is 7.50. The van der Waals surface area contributed by atoms with Crippen LogP contribution in [0.1, 0.15) is 12.5 Å². The minimum Gasteiger partial charge on any atom is -0.293 e. The number of para-hydroxylation sites is 1. The average molecular weight is 225 g/mol. The third-order valence-electron chi connectivity index (χ3n) is 2.90. The summed E-state index contributed by atoms with van der Waals surface area (Å²) in [7, 11) is 0. The van der Waals surface area contributed by atoms with Crippen LogP contribution in [0.3, 0.4) is 0 Å². The van der Waals surface area contributed by atoms with Crippen LogP contribution in [0.2, 0.25) is 0 Å². The van der Waals surface area contributed by atoms with E-state index in [9.17, 15) is 4.79 Å². The van der Waals surface area contributed by atoms with E-state index in [1.165, 1.54) is 0 Å². The lowest BCUT2D eigenvalue weighted by Crippen LogP contribution is -2.37. The summed E-state index contributed by atoms with van der Waals surface area (Å²) in [5.41, 5.74) is 2.14. The molecule has 0 aliphatic carbocycles. The van der Waals surface area contributed by atoms with Crippen LogP contribution in [0.25, 0.3) is 0 Å². The molecule has 0 spiro atoms. The number of nitrogens with zero attached hydrogens (tertiary/aromatic N) is 2. The summed E-state index contributed by atoms with van der Waals surface area (Å²) in [4.78, 5) is 18.0. The maximum absolute atomic E-state index is 11.8. The predicted molar refractivity (Wildman–Crippen MR) is 65.4 cm³/mol. The zero-order valence-electron chi connectivity index (χ0n) is 9.40. The molecule has 1 saturated heterocycles. The first-order chi connectivity index (χ1) is 8.31. The van der Waals surface area contributed by atoms with E-state index in [-0.39, 0.29) is 5.91 Å². The third kappa shape index (κ3) is 1.40. The number of carbonyl (C=O) groups excluding carboxylic acids is 1. The van der Waals surface area contributed by atoms with Crippen LogP contribution in [0.15, 0.2) is 29.3 Å². The van der Waals surface area contributed by atoms with Crippen molar-refractivity contribution in [2.45, 2.75) is 19.5 Å². The molecule has 1 aromatic carbocycles. The van der Waals surface area contributed by atoms with Gasteiger partial charge in [-0.1, -0.05) is 24.1 Å². The van der Waals surface area contributed by atoms with Gasteiger partial charge in [-0.05, 0) is 18.6 Å². The van der Waals surface area contributed by atoms with E-state index >= 15 is 0 Å². The summed E-state index contributed by atoms with van der Waals surface area (Å²) in [5.74, 6) is 6.22. The minimum atomic E-state index is -0.458. The largest absolute Gasteiger partial charge is 0.293 e. The highest BCUT2D eigenvalue weighted by atomic mass is 16.2. The molecule has 17 heavy (non-hydrogen) atoms. The van der Waals surface area contributed by atoms with Gasteiger partial charge in [0.05, 0.1) is 12.2 Å². The summed E-state index contributed by atoms with van der Waals surface area (Å²) in [6.07, 6.45) is 0. The van der Waals surface area contributed by atoms with Gasteiger partial charge in [0, 0.05) is 0 Å². The van der Waals surface area contributed by atoms with E-state index < -0.39 is 6.04 Å². The Hall–Kier alpha value is -2.28. The smallest absolute Gasteiger partial charge is 0.262 e. The Bertz CT molecular complexity index is 580. The second-order valence-electron chi connectivity index (χ2n) is 3.92. The third-order valence-corrected chi connectivity index (χ3v) is 2.90. The molecular weight excluding hydrogens is 214 g/mol. The van der Waals surface area contributed by atoms with Crippen molar-refractivity contribution in [3.63, 3.8) is 0 Å². The molecule has 2 aliphatic rings. The highest BCUT2D eigenvalue weighted by Gasteiger charge is 2.39. The molecule has 2 heterocycles. The van der Waals surface area contributed by atoms with Crippen molar-refractivity contribution in [1.29, 1.82) is 0 Å². The van der Waals surface area contributed by atoms with E-state index in [0.29, 0.717) is 12.5 Å².